The van der Waals surface area contributed by atoms with Crippen LogP contribution in [-0.4, -0.2) is 5.50 Å². The van der Waals surface area contributed by atoms with Crippen LogP contribution in [0, 0.1) is 17.3 Å². The fourth-order valence-corrected chi connectivity index (χ4v) is 5.22. The molecule has 0 aromatic carbocycles. The number of hydrogen-bond donors (Lipinski definition) is 2. The Hall–Kier alpha value is -0.150. The summed E-state index contributed by atoms with van der Waals surface area (Å²) in [6.45, 7) is 4.83. The lowest BCUT2D eigenvalue weighted by Gasteiger charge is -2.47. The van der Waals surface area contributed by atoms with E-state index in [-0.39, 0.29) is 5.50 Å². The second-order valence-electron chi connectivity index (χ2n) is 6.06. The highest BCUT2D eigenvalue weighted by Crippen LogP contribution is 2.56. The van der Waals surface area contributed by atoms with E-state index in [9.17, 15) is 0 Å². The standard InChI is InChI=1S/C13H22N2S/c1-13(2)9-6-4-3-5-8(9)7-10-11(13)15-12(14)16-10/h8-9,12,15H,3-7,14H2,1-2H3/t8-,9+,12?/m0/s1. The average Bonchev–Trinajstić information content (AvgIpc) is 2.60. The van der Waals surface area contributed by atoms with Crippen molar-refractivity contribution in [1.29, 1.82) is 0 Å². The van der Waals surface area contributed by atoms with Gasteiger partial charge in [-0.15, -0.1) is 0 Å². The number of nitrogens with two attached hydrogens (primary N) is 1. The van der Waals surface area contributed by atoms with Crippen molar-refractivity contribution in [2.24, 2.45) is 23.0 Å². The lowest BCUT2D eigenvalue weighted by Crippen LogP contribution is -2.43. The van der Waals surface area contributed by atoms with Crippen molar-refractivity contribution in [3.8, 4) is 0 Å². The van der Waals surface area contributed by atoms with Gasteiger partial charge in [-0.05, 0) is 31.1 Å². The topological polar surface area (TPSA) is 38.0 Å². The summed E-state index contributed by atoms with van der Waals surface area (Å²) in [4.78, 5) is 1.56. The molecular formula is C13H22N2S. The van der Waals surface area contributed by atoms with Gasteiger partial charge >= 0.3 is 0 Å². The number of nitrogens with one attached hydrogen (secondary N) is 1. The molecule has 3 atom stereocenters. The Kier molecular flexibility index (Phi) is 2.52. The van der Waals surface area contributed by atoms with E-state index in [1.807, 2.05) is 11.8 Å². The monoisotopic (exact) mass is 238 g/mol. The van der Waals surface area contributed by atoms with Gasteiger partial charge in [-0.3, -0.25) is 0 Å². The number of hydrogen-bond acceptors (Lipinski definition) is 3. The quantitative estimate of drug-likeness (QED) is 0.681. The maximum absolute atomic E-state index is 6.02. The minimum absolute atomic E-state index is 0.101. The summed E-state index contributed by atoms with van der Waals surface area (Å²) in [7, 11) is 0. The molecule has 2 nitrogen and oxygen atoms in total. The highest BCUT2D eigenvalue weighted by atomic mass is 32.2. The SMILES string of the molecule is CC1(C)C2=C(C[C@@H]3CCCC[C@H]31)SC(N)N2. The summed E-state index contributed by atoms with van der Waals surface area (Å²) >= 11 is 1.85. The van der Waals surface area contributed by atoms with Crippen LogP contribution in [-0.2, 0) is 0 Å². The van der Waals surface area contributed by atoms with Gasteiger partial charge in [-0.2, -0.15) is 0 Å². The smallest absolute Gasteiger partial charge is 0.127 e. The van der Waals surface area contributed by atoms with Gasteiger partial charge in [0.15, 0.2) is 0 Å². The molecule has 0 saturated heterocycles. The van der Waals surface area contributed by atoms with Crippen LogP contribution in [0.5, 0.6) is 0 Å². The fourth-order valence-electron chi connectivity index (χ4n) is 3.99. The molecule has 16 heavy (non-hydrogen) atoms. The molecule has 3 heteroatoms. The van der Waals surface area contributed by atoms with Gasteiger partial charge < -0.3 is 11.1 Å². The van der Waals surface area contributed by atoms with E-state index in [0.29, 0.717) is 5.41 Å². The Bertz CT molecular complexity index is 335. The van der Waals surface area contributed by atoms with E-state index in [0.717, 1.165) is 11.8 Å². The first-order valence-electron chi connectivity index (χ1n) is 6.51. The van der Waals surface area contributed by atoms with Gasteiger partial charge in [0.05, 0.1) is 0 Å². The van der Waals surface area contributed by atoms with Crippen LogP contribution in [0.25, 0.3) is 0 Å². The molecule has 3 rings (SSSR count). The molecule has 1 unspecified atom stereocenters. The zero-order valence-electron chi connectivity index (χ0n) is 10.3. The second-order valence-corrected chi connectivity index (χ2v) is 7.29. The zero-order valence-corrected chi connectivity index (χ0v) is 11.1. The first-order chi connectivity index (χ1) is 7.59. The number of allylic oxidation sites excluding steroid dienone is 2. The molecule has 0 aromatic rings. The maximum atomic E-state index is 6.02. The molecule has 2 aliphatic carbocycles. The molecule has 1 heterocycles. The van der Waals surface area contributed by atoms with Crippen LogP contribution in [0.1, 0.15) is 46.0 Å². The average molecular weight is 238 g/mol. The first kappa shape index (κ1) is 11.0. The lowest BCUT2D eigenvalue weighted by atomic mass is 9.60. The van der Waals surface area contributed by atoms with Crippen LogP contribution in [0.2, 0.25) is 0 Å². The highest BCUT2D eigenvalue weighted by Gasteiger charge is 2.47. The normalized spacial score (nSPS) is 41.3. The largest absolute Gasteiger partial charge is 0.363 e. The molecule has 1 fully saturated rings. The molecule has 3 N–H and O–H groups in total. The van der Waals surface area contributed by atoms with Crippen molar-refractivity contribution in [2.75, 3.05) is 0 Å². The fraction of sp³-hybridized carbons (Fsp3) is 0.846. The van der Waals surface area contributed by atoms with Crippen LogP contribution >= 0.6 is 11.8 Å². The molecule has 0 amide bonds. The Morgan fingerprint density at radius 3 is 2.88 bits per heavy atom. The third-order valence-electron chi connectivity index (χ3n) is 4.76. The minimum atomic E-state index is 0.101. The molecule has 0 bridgehead atoms. The molecule has 1 saturated carbocycles. The van der Waals surface area contributed by atoms with Crippen molar-refractivity contribution in [2.45, 2.75) is 51.4 Å². The maximum Gasteiger partial charge on any atom is 0.127 e. The van der Waals surface area contributed by atoms with Crippen molar-refractivity contribution < 1.29 is 0 Å². The molecule has 0 spiro atoms. The summed E-state index contributed by atoms with van der Waals surface area (Å²) < 4.78 is 0. The van der Waals surface area contributed by atoms with Crippen molar-refractivity contribution in [1.82, 2.24) is 5.32 Å². The van der Waals surface area contributed by atoms with Gasteiger partial charge in [-0.25, -0.2) is 0 Å². The predicted octanol–water partition coefficient (Wildman–Crippen LogP) is 3.01. The van der Waals surface area contributed by atoms with Crippen molar-refractivity contribution in [3.05, 3.63) is 10.6 Å². The highest BCUT2D eigenvalue weighted by molar-refractivity contribution is 8.03. The third-order valence-corrected chi connectivity index (χ3v) is 5.79. The van der Waals surface area contributed by atoms with Crippen LogP contribution in [0.4, 0.5) is 0 Å². The Labute approximate surface area is 102 Å². The minimum Gasteiger partial charge on any atom is -0.363 e. The van der Waals surface area contributed by atoms with Crippen molar-refractivity contribution in [3.63, 3.8) is 0 Å². The Balaban J connectivity index is 1.95. The predicted molar refractivity (Wildman–Crippen MR) is 69.6 cm³/mol. The van der Waals surface area contributed by atoms with Gasteiger partial charge in [0.2, 0.25) is 0 Å². The molecular weight excluding hydrogens is 216 g/mol. The lowest BCUT2D eigenvalue weighted by molar-refractivity contribution is 0.102. The number of thioether (sulfide) groups is 1. The van der Waals surface area contributed by atoms with Crippen molar-refractivity contribution >= 4 is 11.8 Å². The summed E-state index contributed by atoms with van der Waals surface area (Å²) in [5.41, 5.74) is 7.90. The molecule has 0 radical (unpaired) electrons. The molecule has 1 aliphatic heterocycles. The van der Waals surface area contributed by atoms with Gasteiger partial charge in [-0.1, -0.05) is 38.5 Å². The van der Waals surface area contributed by atoms with E-state index in [1.165, 1.54) is 37.8 Å². The Morgan fingerprint density at radius 1 is 1.31 bits per heavy atom. The van der Waals surface area contributed by atoms with E-state index >= 15 is 0 Å². The summed E-state index contributed by atoms with van der Waals surface area (Å²) in [5.74, 6) is 1.79. The Morgan fingerprint density at radius 2 is 2.06 bits per heavy atom. The molecule has 90 valence electrons. The van der Waals surface area contributed by atoms with E-state index < -0.39 is 0 Å². The molecule has 3 aliphatic rings. The summed E-state index contributed by atoms with van der Waals surface area (Å²) in [6.07, 6.45) is 6.99. The van der Waals surface area contributed by atoms with E-state index in [1.54, 1.807) is 4.91 Å². The first-order valence-corrected chi connectivity index (χ1v) is 7.39. The van der Waals surface area contributed by atoms with E-state index in [2.05, 4.69) is 19.2 Å². The number of rotatable bonds is 0. The van der Waals surface area contributed by atoms with Gasteiger partial charge in [0.1, 0.15) is 5.50 Å². The van der Waals surface area contributed by atoms with E-state index in [4.69, 9.17) is 5.73 Å². The summed E-state index contributed by atoms with van der Waals surface area (Å²) in [6, 6.07) is 0. The van der Waals surface area contributed by atoms with Crippen LogP contribution < -0.4 is 11.1 Å². The second kappa shape index (κ2) is 3.67. The van der Waals surface area contributed by atoms with Gasteiger partial charge in [0, 0.05) is 16.0 Å². The molecule has 0 aromatic heterocycles. The number of fused-ring (bicyclic) bond motifs is 1. The zero-order chi connectivity index (χ0) is 11.3. The van der Waals surface area contributed by atoms with Crippen LogP contribution in [0.3, 0.4) is 0 Å². The van der Waals surface area contributed by atoms with Crippen LogP contribution in [0.15, 0.2) is 10.6 Å². The summed E-state index contributed by atoms with van der Waals surface area (Å²) in [5, 5.41) is 3.50. The van der Waals surface area contributed by atoms with Gasteiger partial charge in [0.25, 0.3) is 0 Å². The third kappa shape index (κ3) is 1.52.